The maximum Gasteiger partial charge on any atom is 0.139 e. The first-order chi connectivity index (χ1) is 14.9. The fraction of sp³-hybridized carbons (Fsp3) is 0.556. The molecular weight excluding hydrogens is 420 g/mol. The smallest absolute Gasteiger partial charge is 0.139 e. The van der Waals surface area contributed by atoms with E-state index >= 15 is 0 Å². The van der Waals surface area contributed by atoms with E-state index < -0.39 is 0 Å². The first-order valence-corrected chi connectivity index (χ1v) is 12.2. The van der Waals surface area contributed by atoms with E-state index in [2.05, 4.69) is 65.8 Å². The van der Waals surface area contributed by atoms with E-state index in [-0.39, 0.29) is 23.5 Å². The van der Waals surface area contributed by atoms with Gasteiger partial charge in [0.15, 0.2) is 0 Å². The van der Waals surface area contributed by atoms with Crippen molar-refractivity contribution in [3.8, 4) is 5.75 Å². The maximum atomic E-state index is 11.2. The molecule has 0 amide bonds. The molecule has 5 heteroatoms. The quantitative estimate of drug-likeness (QED) is 0.554. The third-order valence-corrected chi connectivity index (χ3v) is 7.01. The van der Waals surface area contributed by atoms with Crippen LogP contribution in [0.2, 0.25) is 5.02 Å². The number of phenols is 1. The third-order valence-electron chi connectivity index (χ3n) is 6.76. The van der Waals surface area contributed by atoms with E-state index in [9.17, 15) is 10.2 Å². The molecule has 176 valence electrons. The van der Waals surface area contributed by atoms with Crippen molar-refractivity contribution in [3.63, 3.8) is 0 Å². The van der Waals surface area contributed by atoms with Crippen LogP contribution in [0, 0.1) is 0 Å². The summed E-state index contributed by atoms with van der Waals surface area (Å²) >= 11 is 6.23. The second kappa shape index (κ2) is 9.72. The van der Waals surface area contributed by atoms with Crippen molar-refractivity contribution in [3.05, 3.63) is 63.7 Å². The maximum absolute atomic E-state index is 11.2. The molecule has 2 aromatic rings. The molecule has 4 N–H and O–H groups in total. The highest BCUT2D eigenvalue weighted by molar-refractivity contribution is 6.30. The molecule has 2 aromatic carbocycles. The van der Waals surface area contributed by atoms with E-state index in [0.717, 1.165) is 48.9 Å². The lowest BCUT2D eigenvalue weighted by atomic mass is 9.77. The van der Waals surface area contributed by atoms with Crippen LogP contribution in [0.15, 0.2) is 36.4 Å². The minimum Gasteiger partial charge on any atom is -0.507 e. The number of aromatic hydroxyl groups is 1. The van der Waals surface area contributed by atoms with Crippen LogP contribution in [-0.2, 0) is 10.8 Å². The second-order valence-electron chi connectivity index (χ2n) is 11.3. The first-order valence-electron chi connectivity index (χ1n) is 11.8. The van der Waals surface area contributed by atoms with Gasteiger partial charge >= 0.3 is 0 Å². The monoisotopic (exact) mass is 460 g/mol. The zero-order valence-electron chi connectivity index (χ0n) is 20.6. The molecule has 1 saturated heterocycles. The summed E-state index contributed by atoms with van der Waals surface area (Å²) in [5.41, 5.74) is 4.18. The normalized spacial score (nSPS) is 20.9. The summed E-state index contributed by atoms with van der Waals surface area (Å²) in [4.78, 5) is 3.00. The molecule has 0 saturated carbocycles. The number of nitrogens with one attached hydrogen (secondary N) is 2. The first kappa shape index (κ1) is 25.0. The molecule has 0 aromatic heterocycles. The topological polar surface area (TPSA) is 49.3 Å². The van der Waals surface area contributed by atoms with Crippen molar-refractivity contribution in [2.24, 2.45) is 0 Å². The number of phenolic OH excluding ortho intramolecular Hbond substituents is 1. The molecule has 0 bridgehead atoms. The molecule has 0 radical (unpaired) electrons. The number of benzene rings is 2. The largest absolute Gasteiger partial charge is 0.507 e. The van der Waals surface area contributed by atoms with E-state index in [1.54, 1.807) is 0 Å². The van der Waals surface area contributed by atoms with Crippen molar-refractivity contribution >= 4 is 11.6 Å². The summed E-state index contributed by atoms with van der Waals surface area (Å²) in [6, 6.07) is 12.9. The van der Waals surface area contributed by atoms with Gasteiger partial charge in [0.1, 0.15) is 44.5 Å². The summed E-state index contributed by atoms with van der Waals surface area (Å²) in [5, 5.41) is 21.3. The number of rotatable bonds is 5. The van der Waals surface area contributed by atoms with Crippen molar-refractivity contribution in [2.45, 2.75) is 58.4 Å². The number of quaternary nitrogens is 2. The van der Waals surface area contributed by atoms with Crippen LogP contribution < -0.4 is 9.80 Å². The van der Waals surface area contributed by atoms with Crippen LogP contribution in [-0.4, -0.2) is 49.5 Å². The number of piperazine rings is 1. The Morgan fingerprint density at radius 3 is 1.78 bits per heavy atom. The van der Waals surface area contributed by atoms with Gasteiger partial charge < -0.3 is 20.0 Å². The van der Waals surface area contributed by atoms with Crippen LogP contribution in [0.3, 0.4) is 0 Å². The highest BCUT2D eigenvalue weighted by Gasteiger charge is 2.35. The zero-order valence-corrected chi connectivity index (χ0v) is 21.3. The number of hydrogen-bond acceptors (Lipinski definition) is 2. The summed E-state index contributed by atoms with van der Waals surface area (Å²) in [6.07, 6.45) is 0. The summed E-state index contributed by atoms with van der Waals surface area (Å²) in [7, 11) is 0. The number of hydrogen-bond donors (Lipinski definition) is 4. The predicted octanol–water partition coefficient (Wildman–Crippen LogP) is 2.51. The minimum atomic E-state index is -0.163. The fourth-order valence-electron chi connectivity index (χ4n) is 4.91. The van der Waals surface area contributed by atoms with Crippen LogP contribution >= 0.6 is 11.6 Å². The molecule has 1 aliphatic rings. The van der Waals surface area contributed by atoms with E-state index in [0.29, 0.717) is 5.75 Å². The van der Waals surface area contributed by atoms with Gasteiger partial charge in [-0.25, -0.2) is 0 Å². The Morgan fingerprint density at radius 1 is 0.844 bits per heavy atom. The fourth-order valence-corrected chi connectivity index (χ4v) is 5.03. The van der Waals surface area contributed by atoms with Gasteiger partial charge in [-0.3, -0.25) is 0 Å². The zero-order chi connectivity index (χ0) is 23.7. The highest BCUT2D eigenvalue weighted by atomic mass is 35.5. The van der Waals surface area contributed by atoms with Crippen LogP contribution in [0.25, 0.3) is 0 Å². The van der Waals surface area contributed by atoms with Crippen LogP contribution in [0.4, 0.5) is 0 Å². The molecule has 1 atom stereocenters. The average Bonchev–Trinajstić information content (AvgIpc) is 2.70. The van der Waals surface area contributed by atoms with Crippen molar-refractivity contribution in [1.82, 2.24) is 0 Å². The number of aliphatic hydroxyl groups is 1. The van der Waals surface area contributed by atoms with Gasteiger partial charge in [0, 0.05) is 27.3 Å². The Labute approximate surface area is 198 Å². The van der Waals surface area contributed by atoms with Gasteiger partial charge in [0.05, 0.1) is 6.61 Å². The number of aliphatic hydroxyl groups excluding tert-OH is 1. The van der Waals surface area contributed by atoms with Gasteiger partial charge in [-0.05, 0) is 35.1 Å². The molecule has 4 nitrogen and oxygen atoms in total. The standard InChI is InChI=1S/C27H39ClN2O2/c1-26(2,3)22-17-20(18-23(25(22)32)27(4,5)6)24(19-7-9-21(28)10-8-19)30-13-11-29(12-14-30)15-16-31/h7-10,17-18,24,31-32H,11-16H2,1-6H3/p+2. The van der Waals surface area contributed by atoms with Gasteiger partial charge in [0.2, 0.25) is 0 Å². The van der Waals surface area contributed by atoms with Crippen molar-refractivity contribution in [2.75, 3.05) is 39.3 Å². The van der Waals surface area contributed by atoms with Crippen LogP contribution in [0.1, 0.15) is 69.8 Å². The predicted molar refractivity (Wildman–Crippen MR) is 132 cm³/mol. The SMILES string of the molecule is CC(C)(C)c1cc(C(c2ccc(Cl)cc2)[NH+]2CC[NH+](CCO)CC2)cc(C(C)(C)C)c1O. The summed E-state index contributed by atoms with van der Waals surface area (Å²) in [5.74, 6) is 0.427. The average molecular weight is 461 g/mol. The summed E-state index contributed by atoms with van der Waals surface area (Å²) < 4.78 is 0. The number of halogens is 1. The van der Waals surface area contributed by atoms with E-state index in [1.165, 1.54) is 20.9 Å². The lowest BCUT2D eigenvalue weighted by Crippen LogP contribution is -3.28. The Balaban J connectivity index is 2.13. The Morgan fingerprint density at radius 2 is 1.34 bits per heavy atom. The minimum absolute atomic E-state index is 0.163. The molecule has 1 unspecified atom stereocenters. The molecule has 0 aliphatic carbocycles. The highest BCUT2D eigenvalue weighted by Crippen LogP contribution is 2.41. The lowest BCUT2D eigenvalue weighted by Gasteiger charge is -2.36. The van der Waals surface area contributed by atoms with Gasteiger partial charge in [-0.1, -0.05) is 65.3 Å². The molecule has 1 aliphatic heterocycles. The molecule has 3 rings (SSSR count). The van der Waals surface area contributed by atoms with Gasteiger partial charge in [0.25, 0.3) is 0 Å². The molecule has 32 heavy (non-hydrogen) atoms. The Hall–Kier alpha value is -1.59. The van der Waals surface area contributed by atoms with Crippen LogP contribution in [0.5, 0.6) is 5.75 Å². The molecule has 1 fully saturated rings. The second-order valence-corrected chi connectivity index (χ2v) is 11.8. The van der Waals surface area contributed by atoms with Crippen molar-refractivity contribution in [1.29, 1.82) is 0 Å². The lowest BCUT2D eigenvalue weighted by molar-refractivity contribution is -1.02. The van der Waals surface area contributed by atoms with Gasteiger partial charge in [-0.15, -0.1) is 0 Å². The molecule has 1 heterocycles. The molecular formula is C27H41ClN2O2+2. The Bertz CT molecular complexity index is 870. The van der Waals surface area contributed by atoms with E-state index in [1.807, 2.05) is 12.1 Å². The van der Waals surface area contributed by atoms with Gasteiger partial charge in [-0.2, -0.15) is 0 Å². The summed E-state index contributed by atoms with van der Waals surface area (Å²) in [6.45, 7) is 18.2. The Kier molecular flexibility index (Phi) is 7.61. The third kappa shape index (κ3) is 5.66. The van der Waals surface area contributed by atoms with E-state index in [4.69, 9.17) is 11.6 Å². The molecule has 0 spiro atoms. The van der Waals surface area contributed by atoms with Crippen molar-refractivity contribution < 1.29 is 20.0 Å².